The van der Waals surface area contributed by atoms with Gasteiger partial charge in [0.15, 0.2) is 0 Å². The monoisotopic (exact) mass is 313 g/mol. The summed E-state index contributed by atoms with van der Waals surface area (Å²) in [7, 11) is -1.27. The number of nitrogen functional groups attached to an aromatic ring is 1. The first kappa shape index (κ1) is 14.4. The zero-order valence-corrected chi connectivity index (χ0v) is 12.6. The van der Waals surface area contributed by atoms with Gasteiger partial charge in [-0.3, -0.25) is 4.21 Å². The van der Waals surface area contributed by atoms with E-state index < -0.39 is 10.8 Å². The Hall–Kier alpha value is -1.03. The second-order valence-electron chi connectivity index (χ2n) is 4.23. The molecule has 0 aliphatic heterocycles. The van der Waals surface area contributed by atoms with Crippen molar-refractivity contribution in [1.29, 1.82) is 0 Å². The van der Waals surface area contributed by atoms with Gasteiger partial charge in [0.1, 0.15) is 0 Å². The molecule has 0 saturated heterocycles. The van der Waals surface area contributed by atoms with Crippen molar-refractivity contribution in [3.63, 3.8) is 0 Å². The summed E-state index contributed by atoms with van der Waals surface area (Å²) in [5, 5.41) is 1.04. The van der Waals surface area contributed by atoms with Gasteiger partial charge in [-0.25, -0.2) is 0 Å². The van der Waals surface area contributed by atoms with Crippen molar-refractivity contribution in [3.05, 3.63) is 57.6 Å². The molecule has 1 atom stereocenters. The summed E-state index contributed by atoms with van der Waals surface area (Å²) in [6.45, 7) is 1.94. The summed E-state index contributed by atoms with van der Waals surface area (Å²) in [4.78, 5) is 0.613. The van der Waals surface area contributed by atoms with Crippen molar-refractivity contribution in [2.75, 3.05) is 5.73 Å². The van der Waals surface area contributed by atoms with Gasteiger partial charge < -0.3 is 5.73 Å². The van der Waals surface area contributed by atoms with Crippen LogP contribution in [0.1, 0.15) is 11.1 Å². The third-order valence-corrected chi connectivity index (χ3v) is 4.87. The Morgan fingerprint density at radius 2 is 1.79 bits per heavy atom. The molecule has 5 heteroatoms. The van der Waals surface area contributed by atoms with Crippen LogP contribution in [0.3, 0.4) is 0 Å². The van der Waals surface area contributed by atoms with Crippen LogP contribution in [0, 0.1) is 6.92 Å². The van der Waals surface area contributed by atoms with Crippen molar-refractivity contribution in [2.45, 2.75) is 17.6 Å². The number of hydrogen-bond donors (Lipinski definition) is 1. The second-order valence-corrected chi connectivity index (χ2v) is 6.47. The highest BCUT2D eigenvalue weighted by Crippen LogP contribution is 2.28. The van der Waals surface area contributed by atoms with Crippen molar-refractivity contribution < 1.29 is 4.21 Å². The molecule has 2 aromatic carbocycles. The van der Waals surface area contributed by atoms with Crippen molar-refractivity contribution in [2.24, 2.45) is 0 Å². The Kier molecular flexibility index (Phi) is 4.50. The van der Waals surface area contributed by atoms with Gasteiger partial charge in [-0.2, -0.15) is 0 Å². The van der Waals surface area contributed by atoms with E-state index in [1.165, 1.54) is 0 Å². The number of halogens is 2. The maximum atomic E-state index is 12.4. The number of anilines is 1. The lowest BCUT2D eigenvalue weighted by atomic mass is 10.2. The van der Waals surface area contributed by atoms with Crippen LogP contribution < -0.4 is 5.73 Å². The topological polar surface area (TPSA) is 43.1 Å². The SMILES string of the molecule is Cc1ccc(S(=O)Cc2c(Cl)cccc2Cl)c(N)c1. The first-order valence-corrected chi connectivity index (χ1v) is 7.74. The van der Waals surface area contributed by atoms with E-state index in [4.69, 9.17) is 28.9 Å². The third-order valence-electron chi connectivity index (χ3n) is 2.75. The molecule has 0 aliphatic rings. The second kappa shape index (κ2) is 5.95. The van der Waals surface area contributed by atoms with Crippen LogP contribution in [-0.2, 0) is 16.6 Å². The van der Waals surface area contributed by atoms with Crippen molar-refractivity contribution in [1.82, 2.24) is 0 Å². The van der Waals surface area contributed by atoms with Crippen LogP contribution >= 0.6 is 23.2 Å². The minimum atomic E-state index is -1.27. The lowest BCUT2D eigenvalue weighted by molar-refractivity contribution is 0.683. The first-order chi connectivity index (χ1) is 8.99. The van der Waals surface area contributed by atoms with Gasteiger partial charge >= 0.3 is 0 Å². The molecule has 0 heterocycles. The quantitative estimate of drug-likeness (QED) is 0.863. The lowest BCUT2D eigenvalue weighted by Crippen LogP contribution is -2.02. The number of hydrogen-bond acceptors (Lipinski definition) is 2. The van der Waals surface area contributed by atoms with E-state index >= 15 is 0 Å². The number of rotatable bonds is 3. The standard InChI is InChI=1S/C14H13Cl2NOS/c1-9-5-6-14(13(17)7-9)19(18)8-10-11(15)3-2-4-12(10)16/h2-7H,8,17H2,1H3. The first-order valence-electron chi connectivity index (χ1n) is 5.66. The molecule has 2 N–H and O–H groups in total. The number of benzene rings is 2. The fourth-order valence-electron chi connectivity index (χ4n) is 1.75. The number of nitrogens with two attached hydrogens (primary N) is 1. The Labute approximate surface area is 125 Å². The summed E-state index contributed by atoms with van der Waals surface area (Å²) in [6, 6.07) is 10.7. The predicted octanol–water partition coefficient (Wildman–Crippen LogP) is 4.19. The van der Waals surface area contributed by atoms with Gasteiger partial charge in [0.05, 0.1) is 21.4 Å². The molecule has 0 radical (unpaired) electrons. The summed E-state index contributed by atoms with van der Waals surface area (Å²) in [5.41, 5.74) is 8.14. The normalized spacial score (nSPS) is 12.4. The Morgan fingerprint density at radius 1 is 1.16 bits per heavy atom. The van der Waals surface area contributed by atoms with E-state index in [1.807, 2.05) is 13.0 Å². The summed E-state index contributed by atoms with van der Waals surface area (Å²) in [5.74, 6) is 0.256. The molecule has 1 unspecified atom stereocenters. The molecule has 2 nitrogen and oxygen atoms in total. The van der Waals surface area contributed by atoms with Crippen LogP contribution in [0.25, 0.3) is 0 Å². The Balaban J connectivity index is 2.31. The highest BCUT2D eigenvalue weighted by atomic mass is 35.5. The maximum absolute atomic E-state index is 12.4. The van der Waals surface area contributed by atoms with Crippen LogP contribution in [0.15, 0.2) is 41.3 Å². The van der Waals surface area contributed by atoms with E-state index in [9.17, 15) is 4.21 Å². The van der Waals surface area contributed by atoms with E-state index in [-0.39, 0.29) is 5.75 Å². The lowest BCUT2D eigenvalue weighted by Gasteiger charge is -2.09. The van der Waals surface area contributed by atoms with Crippen LogP contribution in [0.4, 0.5) is 5.69 Å². The van der Waals surface area contributed by atoms with Crippen LogP contribution in [0.5, 0.6) is 0 Å². The molecule has 0 aromatic heterocycles. The van der Waals surface area contributed by atoms with E-state index in [0.29, 0.717) is 26.2 Å². The highest BCUT2D eigenvalue weighted by Gasteiger charge is 2.13. The average molecular weight is 314 g/mol. The zero-order valence-electron chi connectivity index (χ0n) is 10.3. The molecule has 2 rings (SSSR count). The van der Waals surface area contributed by atoms with E-state index in [1.54, 1.807) is 30.3 Å². The minimum absolute atomic E-state index is 0.256. The Morgan fingerprint density at radius 3 is 2.37 bits per heavy atom. The molecule has 0 aliphatic carbocycles. The van der Waals surface area contributed by atoms with Crippen LogP contribution in [0.2, 0.25) is 10.0 Å². The molecule has 0 amide bonds. The molecular weight excluding hydrogens is 301 g/mol. The van der Waals surface area contributed by atoms with Gasteiger partial charge in [-0.15, -0.1) is 0 Å². The third kappa shape index (κ3) is 3.30. The molecule has 0 fully saturated rings. The van der Waals surface area contributed by atoms with Gasteiger partial charge in [0.2, 0.25) is 0 Å². The molecule has 0 bridgehead atoms. The van der Waals surface area contributed by atoms with Gasteiger partial charge in [0.25, 0.3) is 0 Å². The largest absolute Gasteiger partial charge is 0.398 e. The van der Waals surface area contributed by atoms with Crippen molar-refractivity contribution in [3.8, 4) is 0 Å². The average Bonchev–Trinajstić information content (AvgIpc) is 2.33. The fraction of sp³-hybridized carbons (Fsp3) is 0.143. The molecule has 2 aromatic rings. The number of aryl methyl sites for hydroxylation is 1. The van der Waals surface area contributed by atoms with E-state index in [0.717, 1.165) is 5.56 Å². The molecule has 100 valence electrons. The van der Waals surface area contributed by atoms with Gasteiger partial charge in [-0.05, 0) is 36.8 Å². The fourth-order valence-corrected chi connectivity index (χ4v) is 3.71. The summed E-state index contributed by atoms with van der Waals surface area (Å²) >= 11 is 12.2. The smallest absolute Gasteiger partial charge is 0.0621 e. The summed E-state index contributed by atoms with van der Waals surface area (Å²) < 4.78 is 12.4. The minimum Gasteiger partial charge on any atom is -0.398 e. The van der Waals surface area contributed by atoms with Gasteiger partial charge in [0, 0.05) is 21.3 Å². The van der Waals surface area contributed by atoms with Gasteiger partial charge in [-0.1, -0.05) is 35.3 Å². The molecule has 0 saturated carbocycles. The molecule has 0 spiro atoms. The van der Waals surface area contributed by atoms with Crippen molar-refractivity contribution >= 4 is 39.7 Å². The highest BCUT2D eigenvalue weighted by molar-refractivity contribution is 7.84. The Bertz CT molecular complexity index is 623. The molecular formula is C14H13Cl2NOS. The molecule has 19 heavy (non-hydrogen) atoms. The van der Waals surface area contributed by atoms with E-state index in [2.05, 4.69) is 0 Å². The van der Waals surface area contributed by atoms with Crippen LogP contribution in [-0.4, -0.2) is 4.21 Å². The maximum Gasteiger partial charge on any atom is 0.0621 e. The zero-order chi connectivity index (χ0) is 14.0. The predicted molar refractivity (Wildman–Crippen MR) is 82.2 cm³/mol. The summed E-state index contributed by atoms with van der Waals surface area (Å²) in [6.07, 6.45) is 0.